The molecule has 0 spiro atoms. The Bertz CT molecular complexity index is 1380. The van der Waals surface area contributed by atoms with Crippen LogP contribution in [-0.4, -0.2) is 59.8 Å². The highest BCUT2D eigenvalue weighted by Gasteiger charge is 2.39. The van der Waals surface area contributed by atoms with Gasteiger partial charge in [0.05, 0.1) is 11.9 Å². The first kappa shape index (κ1) is 21.5. The molecule has 3 aliphatic rings. The smallest absolute Gasteiger partial charge is 0.279 e. The molecule has 1 unspecified atom stereocenters. The molecule has 2 fully saturated rings. The number of fused-ring (bicyclic) bond motifs is 1. The average molecular weight is 493 g/mol. The molecular weight excluding hydrogens is 472 g/mol. The highest BCUT2D eigenvalue weighted by Crippen LogP contribution is 2.38. The molecule has 35 heavy (non-hydrogen) atoms. The van der Waals surface area contributed by atoms with Crippen LogP contribution in [0.5, 0.6) is 0 Å². The number of imide groups is 1. The standard InChI is InChI=1S/C22H20N8O4S/c31-17-7-6-16(19(33)23-17)29-9-12-8-13(4-5-14(12)21(29)34)30-10-15(25-28-30)18(32)24-22-27-26-20(35-22)11-2-1-3-11/h4-5,8,10-11,16H,1-3,6-7,9H2,(H,23,31,33)(H,24,27,32). The molecule has 0 radical (unpaired) electrons. The van der Waals surface area contributed by atoms with E-state index in [-0.39, 0.29) is 30.5 Å². The zero-order chi connectivity index (χ0) is 24.1. The van der Waals surface area contributed by atoms with Gasteiger partial charge in [0, 0.05) is 24.4 Å². The summed E-state index contributed by atoms with van der Waals surface area (Å²) in [6, 6.07) is 4.48. The lowest BCUT2D eigenvalue weighted by Gasteiger charge is -2.29. The van der Waals surface area contributed by atoms with Gasteiger partial charge in [-0.25, -0.2) is 4.68 Å². The first-order valence-corrected chi connectivity index (χ1v) is 12.1. The van der Waals surface area contributed by atoms with Crippen LogP contribution in [-0.2, 0) is 16.1 Å². The highest BCUT2D eigenvalue weighted by atomic mass is 32.1. The van der Waals surface area contributed by atoms with Gasteiger partial charge in [0.1, 0.15) is 11.0 Å². The van der Waals surface area contributed by atoms with E-state index in [9.17, 15) is 19.2 Å². The Morgan fingerprint density at radius 3 is 2.74 bits per heavy atom. The predicted octanol–water partition coefficient (Wildman–Crippen LogP) is 1.40. The van der Waals surface area contributed by atoms with E-state index >= 15 is 0 Å². The number of carbonyl (C=O) groups is 4. The molecule has 3 aromatic rings. The SMILES string of the molecule is O=C1CCC(N2Cc3cc(-n4cc(C(=O)Nc5nnc(C6CCC6)s5)nn4)ccc3C2=O)C(=O)N1. The molecule has 6 rings (SSSR count). The molecule has 4 amide bonds. The normalized spacial score (nSPS) is 19.9. The van der Waals surface area contributed by atoms with Crippen molar-refractivity contribution in [1.82, 2.24) is 35.4 Å². The maximum absolute atomic E-state index is 12.9. The summed E-state index contributed by atoms with van der Waals surface area (Å²) in [7, 11) is 0. The van der Waals surface area contributed by atoms with E-state index in [1.807, 2.05) is 0 Å². The van der Waals surface area contributed by atoms with Gasteiger partial charge in [-0.3, -0.25) is 29.8 Å². The van der Waals surface area contributed by atoms with E-state index in [4.69, 9.17) is 0 Å². The highest BCUT2D eigenvalue weighted by molar-refractivity contribution is 7.15. The van der Waals surface area contributed by atoms with Gasteiger partial charge in [-0.1, -0.05) is 23.0 Å². The van der Waals surface area contributed by atoms with Crippen molar-refractivity contribution in [2.45, 2.75) is 50.6 Å². The first-order valence-electron chi connectivity index (χ1n) is 11.3. The maximum Gasteiger partial charge on any atom is 0.279 e. The number of nitrogens with zero attached hydrogens (tertiary/aromatic N) is 6. The number of rotatable bonds is 5. The molecule has 2 N–H and O–H groups in total. The van der Waals surface area contributed by atoms with E-state index in [0.29, 0.717) is 28.7 Å². The Morgan fingerprint density at radius 1 is 1.11 bits per heavy atom. The van der Waals surface area contributed by atoms with Crippen LogP contribution in [0.25, 0.3) is 5.69 Å². The zero-order valence-corrected chi connectivity index (χ0v) is 19.2. The van der Waals surface area contributed by atoms with Crippen molar-refractivity contribution in [1.29, 1.82) is 0 Å². The summed E-state index contributed by atoms with van der Waals surface area (Å²) in [5.74, 6) is -1.03. The second-order valence-electron chi connectivity index (χ2n) is 8.82. The molecule has 1 saturated heterocycles. The quantitative estimate of drug-likeness (QED) is 0.507. The number of carbonyl (C=O) groups excluding carboxylic acids is 4. The molecule has 13 heteroatoms. The molecule has 2 aliphatic heterocycles. The van der Waals surface area contributed by atoms with E-state index in [1.165, 1.54) is 33.5 Å². The van der Waals surface area contributed by atoms with Crippen molar-refractivity contribution in [3.8, 4) is 5.69 Å². The molecular formula is C22H20N8O4S. The third kappa shape index (κ3) is 3.87. The third-order valence-corrected chi connectivity index (χ3v) is 7.61. The van der Waals surface area contributed by atoms with Crippen LogP contribution in [0.15, 0.2) is 24.4 Å². The third-order valence-electron chi connectivity index (χ3n) is 6.61. The number of aromatic nitrogens is 5. The van der Waals surface area contributed by atoms with Crippen molar-refractivity contribution in [3.05, 3.63) is 46.2 Å². The predicted molar refractivity (Wildman–Crippen MR) is 122 cm³/mol. The Morgan fingerprint density at radius 2 is 1.97 bits per heavy atom. The molecule has 1 saturated carbocycles. The molecule has 178 valence electrons. The molecule has 0 bridgehead atoms. The van der Waals surface area contributed by atoms with E-state index in [0.717, 1.165) is 23.4 Å². The summed E-state index contributed by atoms with van der Waals surface area (Å²) in [6.07, 6.45) is 5.41. The molecule has 1 atom stereocenters. The lowest BCUT2D eigenvalue weighted by Crippen LogP contribution is -2.52. The zero-order valence-electron chi connectivity index (χ0n) is 18.4. The van der Waals surface area contributed by atoms with Crippen molar-refractivity contribution in [3.63, 3.8) is 0 Å². The number of hydrogen-bond acceptors (Lipinski definition) is 9. The topological polar surface area (TPSA) is 152 Å². The minimum Gasteiger partial charge on any atom is -0.322 e. The maximum atomic E-state index is 12.9. The van der Waals surface area contributed by atoms with Crippen molar-refractivity contribution in [2.24, 2.45) is 0 Å². The number of nitrogens with one attached hydrogen (secondary N) is 2. The fourth-order valence-electron chi connectivity index (χ4n) is 4.46. The number of hydrogen-bond donors (Lipinski definition) is 2. The van der Waals surface area contributed by atoms with Gasteiger partial charge in [0.25, 0.3) is 11.8 Å². The summed E-state index contributed by atoms with van der Waals surface area (Å²) >= 11 is 1.38. The van der Waals surface area contributed by atoms with E-state index in [1.54, 1.807) is 18.2 Å². The number of benzene rings is 1. The second-order valence-corrected chi connectivity index (χ2v) is 9.83. The Kier molecular flexibility index (Phi) is 5.13. The largest absolute Gasteiger partial charge is 0.322 e. The minimum absolute atomic E-state index is 0.118. The Balaban J connectivity index is 1.16. The molecule has 12 nitrogen and oxygen atoms in total. The van der Waals surface area contributed by atoms with Gasteiger partial charge < -0.3 is 4.90 Å². The van der Waals surface area contributed by atoms with Crippen molar-refractivity contribution in [2.75, 3.05) is 5.32 Å². The number of anilines is 1. The van der Waals surface area contributed by atoms with Crippen LogP contribution in [0.4, 0.5) is 5.13 Å². The summed E-state index contributed by atoms with van der Waals surface area (Å²) < 4.78 is 1.45. The average Bonchev–Trinajstić information content (AvgIpc) is 3.52. The van der Waals surface area contributed by atoms with Gasteiger partial charge in [-0.15, -0.1) is 15.3 Å². The first-order chi connectivity index (χ1) is 17.0. The number of piperidine rings is 1. The van der Waals surface area contributed by atoms with Gasteiger partial charge in [0.2, 0.25) is 16.9 Å². The molecule has 1 aromatic carbocycles. The Hall–Kier alpha value is -4.00. The van der Waals surface area contributed by atoms with Crippen molar-refractivity contribution < 1.29 is 19.2 Å². The van der Waals surface area contributed by atoms with Crippen LogP contribution in [0.2, 0.25) is 0 Å². The molecule has 1 aliphatic carbocycles. The number of amides is 4. The van der Waals surface area contributed by atoms with Crippen LogP contribution in [0.3, 0.4) is 0 Å². The fourth-order valence-corrected chi connectivity index (χ4v) is 5.37. The summed E-state index contributed by atoms with van der Waals surface area (Å²) in [4.78, 5) is 50.7. The summed E-state index contributed by atoms with van der Waals surface area (Å²) in [6.45, 7) is 0.247. The van der Waals surface area contributed by atoms with Crippen LogP contribution in [0, 0.1) is 0 Å². The lowest BCUT2D eigenvalue weighted by molar-refractivity contribution is -0.136. The van der Waals surface area contributed by atoms with Gasteiger partial charge in [-0.05, 0) is 43.0 Å². The van der Waals surface area contributed by atoms with Crippen LogP contribution in [0.1, 0.15) is 69.4 Å². The summed E-state index contributed by atoms with van der Waals surface area (Å²) in [5, 5.41) is 22.6. The fraction of sp³-hybridized carbons (Fsp3) is 0.364. The summed E-state index contributed by atoms with van der Waals surface area (Å²) in [5.41, 5.74) is 1.97. The van der Waals surface area contributed by atoms with Crippen molar-refractivity contribution >= 4 is 40.1 Å². The minimum atomic E-state index is -0.678. The Labute approximate surface area is 202 Å². The monoisotopic (exact) mass is 492 g/mol. The lowest BCUT2D eigenvalue weighted by atomic mass is 9.86. The van der Waals surface area contributed by atoms with Gasteiger partial charge >= 0.3 is 0 Å². The second kappa shape index (κ2) is 8.34. The van der Waals surface area contributed by atoms with Gasteiger partial charge in [0.15, 0.2) is 5.69 Å². The van der Waals surface area contributed by atoms with Crippen LogP contribution >= 0.6 is 11.3 Å². The van der Waals surface area contributed by atoms with Gasteiger partial charge in [-0.2, -0.15) is 0 Å². The molecule has 2 aromatic heterocycles. The van der Waals surface area contributed by atoms with E-state index in [2.05, 4.69) is 31.1 Å². The van der Waals surface area contributed by atoms with Crippen LogP contribution < -0.4 is 10.6 Å². The van der Waals surface area contributed by atoms with E-state index < -0.39 is 17.9 Å². The molecule has 4 heterocycles.